The van der Waals surface area contributed by atoms with Gasteiger partial charge >= 0.3 is 18.1 Å². The number of fused-ring (bicyclic) bond motifs is 4. The van der Waals surface area contributed by atoms with Crippen molar-refractivity contribution in [2.45, 2.75) is 49.1 Å². The molecule has 7 heterocycles. The second-order valence-corrected chi connectivity index (χ2v) is 13.0. The van der Waals surface area contributed by atoms with Gasteiger partial charge in [0, 0.05) is 30.0 Å². The molecule has 3 fully saturated rings. The number of ether oxygens (including phenoxy) is 2. The van der Waals surface area contributed by atoms with Gasteiger partial charge in [-0.25, -0.2) is 33.1 Å². The molecule has 7 rings (SSSR count). The summed E-state index contributed by atoms with van der Waals surface area (Å²) in [7, 11) is -9.72. The van der Waals surface area contributed by atoms with Crippen molar-refractivity contribution in [3.8, 4) is 0 Å². The predicted molar refractivity (Wildman–Crippen MR) is 145 cm³/mol. The Hall–Kier alpha value is -3.37. The van der Waals surface area contributed by atoms with Crippen LogP contribution in [0.3, 0.4) is 0 Å². The first kappa shape index (κ1) is 29.3. The number of hydrogen-bond donors (Lipinski definition) is 5. The van der Waals surface area contributed by atoms with Crippen LogP contribution in [0.4, 0.5) is 15.9 Å². The summed E-state index contributed by atoms with van der Waals surface area (Å²) in [5, 5.41) is 11.7. The lowest BCUT2D eigenvalue weighted by molar-refractivity contribution is -0.0541. The number of pyridine rings is 1. The molecule has 0 aromatic carbocycles. The Bertz CT molecular complexity index is 1890. The Morgan fingerprint density at radius 3 is 2.66 bits per heavy atom. The fraction of sp³-hybridized carbons (Fsp3) is 0.455. The molecule has 22 heteroatoms. The topological polar surface area (TPSA) is 263 Å². The lowest BCUT2D eigenvalue weighted by Crippen LogP contribution is -2.45. The molecule has 3 saturated heterocycles. The molecule has 9 atom stereocenters. The van der Waals surface area contributed by atoms with Crippen LogP contribution >= 0.6 is 7.82 Å². The number of aliphatic hydroxyl groups is 1. The molecule has 4 aromatic rings. The SMILES string of the molecule is Nc1ccnc2c1ccn2[C@@H]1O[C@@H]2COP(=O)(O)O[C@H]3[C@@H](F)[C@H](n4cnc5c(N)ncnc54)O[C@@H]3CNS(=O)(=O)O[C@H]2[C@H]1O. The highest BCUT2D eigenvalue weighted by Crippen LogP contribution is 2.50. The number of phosphoric ester groups is 1. The fourth-order valence-corrected chi connectivity index (χ4v) is 7.39. The zero-order valence-corrected chi connectivity index (χ0v) is 23.9. The van der Waals surface area contributed by atoms with Crippen LogP contribution < -0.4 is 16.2 Å². The minimum atomic E-state index is -5.05. The van der Waals surface area contributed by atoms with E-state index in [9.17, 15) is 23.0 Å². The van der Waals surface area contributed by atoms with Crippen LogP contribution in [0.25, 0.3) is 22.2 Å². The summed E-state index contributed by atoms with van der Waals surface area (Å²) >= 11 is 0. The molecule has 4 aromatic heterocycles. The predicted octanol–water partition coefficient (Wildman–Crippen LogP) is -0.730. The van der Waals surface area contributed by atoms with Gasteiger partial charge in [0.2, 0.25) is 0 Å². The van der Waals surface area contributed by atoms with Gasteiger partial charge in [-0.3, -0.25) is 13.6 Å². The highest BCUT2D eigenvalue weighted by molar-refractivity contribution is 7.84. The van der Waals surface area contributed by atoms with E-state index in [-0.39, 0.29) is 17.0 Å². The van der Waals surface area contributed by atoms with E-state index in [1.807, 2.05) is 0 Å². The summed E-state index contributed by atoms with van der Waals surface area (Å²) in [5.74, 6) is 0.0191. The molecule has 0 radical (unpaired) electrons. The number of imidazole rings is 1. The molecule has 0 bridgehead atoms. The van der Waals surface area contributed by atoms with E-state index in [0.717, 1.165) is 6.33 Å². The van der Waals surface area contributed by atoms with Gasteiger partial charge in [-0.1, -0.05) is 0 Å². The van der Waals surface area contributed by atoms with E-state index >= 15 is 4.39 Å². The lowest BCUT2D eigenvalue weighted by atomic mass is 10.1. The molecule has 0 spiro atoms. The summed E-state index contributed by atoms with van der Waals surface area (Å²) in [4.78, 5) is 26.7. The van der Waals surface area contributed by atoms with E-state index in [1.54, 1.807) is 12.1 Å². The van der Waals surface area contributed by atoms with Crippen molar-refractivity contribution >= 4 is 51.8 Å². The smallest absolute Gasteiger partial charge is 0.398 e. The van der Waals surface area contributed by atoms with Gasteiger partial charge in [-0.2, -0.15) is 13.1 Å². The third kappa shape index (κ3) is 5.00. The normalized spacial score (nSPS) is 36.1. The van der Waals surface area contributed by atoms with E-state index in [0.29, 0.717) is 16.7 Å². The first-order chi connectivity index (χ1) is 20.9. The molecular weight excluding hydrogens is 632 g/mol. The van der Waals surface area contributed by atoms with Crippen molar-refractivity contribution in [3.63, 3.8) is 0 Å². The Morgan fingerprint density at radius 1 is 1.05 bits per heavy atom. The molecule has 3 aliphatic rings. The molecule has 44 heavy (non-hydrogen) atoms. The van der Waals surface area contributed by atoms with E-state index in [2.05, 4.69) is 24.7 Å². The van der Waals surface area contributed by atoms with Gasteiger partial charge in [0.15, 0.2) is 30.1 Å². The van der Waals surface area contributed by atoms with Gasteiger partial charge in [0.05, 0.1) is 12.9 Å². The lowest BCUT2D eigenvalue weighted by Gasteiger charge is -2.26. The molecule has 0 amide bonds. The van der Waals surface area contributed by atoms with Gasteiger partial charge < -0.3 is 35.5 Å². The number of hydrogen-bond acceptors (Lipinski definition) is 15. The number of phosphoric acid groups is 1. The minimum absolute atomic E-state index is 0.0191. The van der Waals surface area contributed by atoms with Gasteiger partial charge in [0.1, 0.15) is 48.0 Å². The number of halogens is 1. The van der Waals surface area contributed by atoms with Gasteiger partial charge in [-0.15, -0.1) is 0 Å². The molecular formula is C22H25FN9O10PS. The Morgan fingerprint density at radius 2 is 1.84 bits per heavy atom. The third-order valence-corrected chi connectivity index (χ3v) is 9.50. The van der Waals surface area contributed by atoms with Crippen LogP contribution in [0.5, 0.6) is 0 Å². The Balaban J connectivity index is 1.17. The van der Waals surface area contributed by atoms with Crippen molar-refractivity contribution in [1.82, 2.24) is 33.8 Å². The number of nitrogen functional groups attached to an aromatic ring is 2. The van der Waals surface area contributed by atoms with Crippen LogP contribution in [-0.4, -0.2) is 97.3 Å². The molecule has 0 aliphatic carbocycles. The summed E-state index contributed by atoms with van der Waals surface area (Å²) in [6.07, 6.45) is -7.63. The number of nitrogens with zero attached hydrogens (tertiary/aromatic N) is 6. The molecule has 1 unspecified atom stereocenters. The maximum absolute atomic E-state index is 15.9. The van der Waals surface area contributed by atoms with Crippen LogP contribution in [0.1, 0.15) is 12.5 Å². The van der Waals surface area contributed by atoms with Crippen LogP contribution in [0, 0.1) is 0 Å². The number of nitrogens with two attached hydrogens (primary N) is 2. The molecule has 0 saturated carbocycles. The minimum Gasteiger partial charge on any atom is -0.398 e. The second kappa shape index (κ2) is 10.6. The average Bonchev–Trinajstić information content (AvgIpc) is 3.73. The van der Waals surface area contributed by atoms with Crippen LogP contribution in [0.15, 0.2) is 37.2 Å². The molecule has 19 nitrogen and oxygen atoms in total. The summed E-state index contributed by atoms with van der Waals surface area (Å²) in [5.41, 5.74) is 12.8. The summed E-state index contributed by atoms with van der Waals surface area (Å²) in [6.45, 7) is -1.46. The maximum atomic E-state index is 15.9. The standard InChI is InChI=1S/C22H25FN9O10PS/c23-13-16-11(39-21(13)32-8-29-14-18(25)27-7-28-20(14)32)5-30-44(36,37)42-17-12(6-38-43(34,35)41-16)40-22(15(17)33)31-4-2-9-10(24)1-3-26-19(9)31/h1-4,7-8,11-13,15-17,21-22,30,33H,5-6H2,(H2,24,26)(H,34,35)(H2,25,27,28)/t11-,12-,13-,15-,16-,17-,21-,22-/m1/s1. The highest BCUT2D eigenvalue weighted by atomic mass is 32.2. The first-order valence-corrected chi connectivity index (χ1v) is 15.9. The molecule has 7 N–H and O–H groups in total. The van der Waals surface area contributed by atoms with E-state index in [4.69, 9.17) is 34.2 Å². The van der Waals surface area contributed by atoms with Crippen molar-refractivity contribution in [2.75, 3.05) is 24.6 Å². The largest absolute Gasteiger partial charge is 0.472 e. The maximum Gasteiger partial charge on any atom is 0.472 e. The number of rotatable bonds is 2. The Kier molecular flexibility index (Phi) is 7.08. The zero-order valence-electron chi connectivity index (χ0n) is 22.2. The van der Waals surface area contributed by atoms with E-state index in [1.165, 1.54) is 27.9 Å². The van der Waals surface area contributed by atoms with Crippen molar-refractivity contribution in [2.24, 2.45) is 0 Å². The number of anilines is 2. The Labute approximate surface area is 246 Å². The quantitative estimate of drug-likeness (QED) is 0.166. The number of aromatic nitrogens is 6. The van der Waals surface area contributed by atoms with Crippen LogP contribution in [0.2, 0.25) is 0 Å². The van der Waals surface area contributed by atoms with Crippen molar-refractivity contribution < 1.29 is 50.1 Å². The number of nitrogens with one attached hydrogen (secondary N) is 1. The van der Waals surface area contributed by atoms with E-state index < -0.39 is 80.4 Å². The second-order valence-electron chi connectivity index (χ2n) is 10.2. The van der Waals surface area contributed by atoms with Crippen molar-refractivity contribution in [1.29, 1.82) is 0 Å². The third-order valence-electron chi connectivity index (χ3n) is 7.52. The zero-order chi connectivity index (χ0) is 31.0. The molecule has 3 aliphatic heterocycles. The van der Waals surface area contributed by atoms with Crippen molar-refractivity contribution in [3.05, 3.63) is 37.2 Å². The van der Waals surface area contributed by atoms with Gasteiger partial charge in [0.25, 0.3) is 0 Å². The summed E-state index contributed by atoms with van der Waals surface area (Å²) < 4.78 is 86.8. The van der Waals surface area contributed by atoms with Crippen LogP contribution in [-0.2, 0) is 37.6 Å². The first-order valence-electron chi connectivity index (χ1n) is 13.0. The average molecular weight is 658 g/mol. The monoisotopic (exact) mass is 657 g/mol. The molecule has 236 valence electrons. The number of aliphatic hydroxyl groups excluding tert-OH is 1. The summed E-state index contributed by atoms with van der Waals surface area (Å²) in [6, 6.07) is 3.20. The fourth-order valence-electron chi connectivity index (χ4n) is 5.47. The van der Waals surface area contributed by atoms with Gasteiger partial charge in [-0.05, 0) is 12.1 Å². The number of alkyl halides is 1. The highest BCUT2D eigenvalue weighted by Gasteiger charge is 2.53.